The van der Waals surface area contributed by atoms with Gasteiger partial charge in [-0.2, -0.15) is 5.26 Å². The lowest BCUT2D eigenvalue weighted by molar-refractivity contribution is 0.338. The Morgan fingerprint density at radius 1 is 1.42 bits per heavy atom. The van der Waals surface area contributed by atoms with E-state index in [-0.39, 0.29) is 0 Å². The first kappa shape index (κ1) is 13.9. The predicted octanol–water partition coefficient (Wildman–Crippen LogP) is 3.67. The summed E-state index contributed by atoms with van der Waals surface area (Å²) in [5.41, 5.74) is 1.84. The van der Waals surface area contributed by atoms with Gasteiger partial charge in [-0.3, -0.25) is 0 Å². The summed E-state index contributed by atoms with van der Waals surface area (Å²) in [5.74, 6) is 0.967. The highest BCUT2D eigenvalue weighted by molar-refractivity contribution is 5.46. The molecule has 3 heteroatoms. The number of rotatable bonds is 2. The van der Waals surface area contributed by atoms with Gasteiger partial charge in [0, 0.05) is 12.6 Å². The summed E-state index contributed by atoms with van der Waals surface area (Å²) in [6, 6.07) is 6.80. The van der Waals surface area contributed by atoms with Gasteiger partial charge >= 0.3 is 0 Å². The number of nitrogens with zero attached hydrogens (tertiary/aromatic N) is 3. The van der Waals surface area contributed by atoms with Crippen LogP contribution in [0.1, 0.15) is 51.3 Å². The largest absolute Gasteiger partial charge is 0.354 e. The zero-order chi connectivity index (χ0) is 14.0. The van der Waals surface area contributed by atoms with E-state index in [1.165, 1.54) is 19.3 Å². The van der Waals surface area contributed by atoms with Crippen LogP contribution >= 0.6 is 0 Å². The second-order valence-electron chi connectivity index (χ2n) is 6.70. The second kappa shape index (κ2) is 5.21. The molecule has 1 aromatic heterocycles. The first-order chi connectivity index (χ1) is 8.90. The maximum Gasteiger partial charge on any atom is 0.145 e. The topological polar surface area (TPSA) is 39.9 Å². The van der Waals surface area contributed by atoms with Gasteiger partial charge < -0.3 is 4.90 Å². The van der Waals surface area contributed by atoms with Crippen LogP contribution in [-0.4, -0.2) is 17.6 Å². The van der Waals surface area contributed by atoms with E-state index in [0.29, 0.717) is 17.2 Å². The van der Waals surface area contributed by atoms with Crippen LogP contribution in [0.25, 0.3) is 0 Å². The van der Waals surface area contributed by atoms with Crippen LogP contribution in [0, 0.1) is 23.7 Å². The van der Waals surface area contributed by atoms with Crippen molar-refractivity contribution in [2.45, 2.75) is 53.0 Å². The minimum atomic E-state index is 0.329. The highest BCUT2D eigenvalue weighted by atomic mass is 15.2. The molecule has 0 saturated carbocycles. The third-order valence-corrected chi connectivity index (χ3v) is 3.71. The highest BCUT2D eigenvalue weighted by Gasteiger charge is 2.29. The first-order valence-electron chi connectivity index (χ1n) is 7.05. The second-order valence-corrected chi connectivity index (χ2v) is 6.70. The van der Waals surface area contributed by atoms with E-state index in [2.05, 4.69) is 42.8 Å². The lowest BCUT2D eigenvalue weighted by Crippen LogP contribution is -2.33. The Morgan fingerprint density at radius 3 is 2.79 bits per heavy atom. The molecule has 3 nitrogen and oxygen atoms in total. The minimum Gasteiger partial charge on any atom is -0.354 e. The van der Waals surface area contributed by atoms with Crippen molar-refractivity contribution in [2.24, 2.45) is 5.41 Å². The predicted molar refractivity (Wildman–Crippen MR) is 78.1 cm³/mol. The molecule has 1 unspecified atom stereocenters. The van der Waals surface area contributed by atoms with Gasteiger partial charge in [0.2, 0.25) is 0 Å². The van der Waals surface area contributed by atoms with E-state index in [4.69, 9.17) is 5.26 Å². The van der Waals surface area contributed by atoms with Crippen molar-refractivity contribution in [3.8, 4) is 6.07 Å². The number of pyridine rings is 1. The molecule has 0 amide bonds. The smallest absolute Gasteiger partial charge is 0.145 e. The van der Waals surface area contributed by atoms with Gasteiger partial charge in [0.05, 0.1) is 0 Å². The highest BCUT2D eigenvalue weighted by Crippen LogP contribution is 2.32. The summed E-state index contributed by atoms with van der Waals surface area (Å²) in [6.45, 7) is 9.85. The molecule has 1 aliphatic heterocycles. The molecule has 102 valence electrons. The van der Waals surface area contributed by atoms with E-state index in [0.717, 1.165) is 17.9 Å². The quantitative estimate of drug-likeness (QED) is 0.811. The molecule has 1 saturated heterocycles. The van der Waals surface area contributed by atoms with Crippen molar-refractivity contribution >= 4 is 5.82 Å². The molecular formula is C16H23N3. The van der Waals surface area contributed by atoms with Gasteiger partial charge in [-0.25, -0.2) is 4.98 Å². The van der Waals surface area contributed by atoms with E-state index in [1.807, 2.05) is 13.0 Å². The Balaban J connectivity index is 2.23. The van der Waals surface area contributed by atoms with Crippen LogP contribution < -0.4 is 4.90 Å². The average molecular weight is 257 g/mol. The van der Waals surface area contributed by atoms with Crippen molar-refractivity contribution in [3.63, 3.8) is 0 Å². The number of aromatic nitrogens is 1. The fourth-order valence-corrected chi connectivity index (χ4v) is 2.85. The Bertz CT molecular complexity index is 494. The molecule has 1 fully saturated rings. The maximum absolute atomic E-state index is 9.11. The summed E-state index contributed by atoms with van der Waals surface area (Å²) in [5, 5.41) is 9.11. The average Bonchev–Trinajstić information content (AvgIpc) is 2.75. The molecule has 0 spiro atoms. The summed E-state index contributed by atoms with van der Waals surface area (Å²) in [4.78, 5) is 6.90. The van der Waals surface area contributed by atoms with Crippen LogP contribution in [0.2, 0.25) is 0 Å². The number of hydrogen-bond acceptors (Lipinski definition) is 3. The van der Waals surface area contributed by atoms with E-state index in [1.54, 1.807) is 0 Å². The molecule has 2 rings (SSSR count). The Hall–Kier alpha value is -1.56. The number of aryl methyl sites for hydroxylation is 1. The molecule has 0 radical (unpaired) electrons. The fourth-order valence-electron chi connectivity index (χ4n) is 2.85. The molecular weight excluding hydrogens is 234 g/mol. The minimum absolute atomic E-state index is 0.329. The Kier molecular flexibility index (Phi) is 3.80. The van der Waals surface area contributed by atoms with E-state index < -0.39 is 0 Å². The van der Waals surface area contributed by atoms with Crippen LogP contribution in [0.3, 0.4) is 0 Å². The molecule has 1 atom stereocenters. The molecule has 0 bridgehead atoms. The molecule has 0 aliphatic carbocycles. The molecule has 0 aromatic carbocycles. The zero-order valence-electron chi connectivity index (χ0n) is 12.4. The van der Waals surface area contributed by atoms with Gasteiger partial charge in [0.1, 0.15) is 17.6 Å². The summed E-state index contributed by atoms with van der Waals surface area (Å²) in [6.07, 6.45) is 3.62. The first-order valence-corrected chi connectivity index (χ1v) is 7.05. The van der Waals surface area contributed by atoms with Gasteiger partial charge in [-0.05, 0) is 43.2 Å². The summed E-state index contributed by atoms with van der Waals surface area (Å²) in [7, 11) is 0. The van der Waals surface area contributed by atoms with Gasteiger partial charge in [0.25, 0.3) is 0 Å². The van der Waals surface area contributed by atoms with Crippen LogP contribution in [-0.2, 0) is 0 Å². The molecule has 1 aliphatic rings. The normalized spacial score (nSPS) is 19.5. The van der Waals surface area contributed by atoms with Crippen molar-refractivity contribution in [3.05, 3.63) is 23.4 Å². The number of anilines is 1. The summed E-state index contributed by atoms with van der Waals surface area (Å²) < 4.78 is 0. The van der Waals surface area contributed by atoms with Crippen molar-refractivity contribution in [2.75, 3.05) is 11.4 Å². The maximum atomic E-state index is 9.11. The van der Waals surface area contributed by atoms with Crippen LogP contribution in [0.4, 0.5) is 5.82 Å². The van der Waals surface area contributed by atoms with E-state index in [9.17, 15) is 0 Å². The number of nitriles is 1. The molecule has 0 N–H and O–H groups in total. The lowest BCUT2D eigenvalue weighted by atomic mass is 9.87. The Labute approximate surface area is 116 Å². The van der Waals surface area contributed by atoms with Gasteiger partial charge in [-0.1, -0.05) is 26.8 Å². The molecule has 2 heterocycles. The zero-order valence-corrected chi connectivity index (χ0v) is 12.4. The van der Waals surface area contributed by atoms with Crippen LogP contribution in [0.5, 0.6) is 0 Å². The van der Waals surface area contributed by atoms with Crippen LogP contribution in [0.15, 0.2) is 12.1 Å². The van der Waals surface area contributed by atoms with Crippen molar-refractivity contribution in [1.82, 2.24) is 4.98 Å². The lowest BCUT2D eigenvalue weighted by Gasteiger charge is -2.31. The molecule has 19 heavy (non-hydrogen) atoms. The Morgan fingerprint density at radius 2 is 2.16 bits per heavy atom. The number of hydrogen-bond donors (Lipinski definition) is 0. The molecule has 1 aromatic rings. The SMILES string of the molecule is Cc1ccc(N2CCCC2CC(C)(C)C)nc1C#N. The van der Waals surface area contributed by atoms with Gasteiger partial charge in [-0.15, -0.1) is 0 Å². The van der Waals surface area contributed by atoms with Gasteiger partial charge in [0.15, 0.2) is 0 Å². The van der Waals surface area contributed by atoms with Crippen molar-refractivity contribution < 1.29 is 0 Å². The fraction of sp³-hybridized carbons (Fsp3) is 0.625. The summed E-state index contributed by atoms with van der Waals surface area (Å²) >= 11 is 0. The van der Waals surface area contributed by atoms with E-state index >= 15 is 0 Å². The monoisotopic (exact) mass is 257 g/mol. The third kappa shape index (κ3) is 3.26. The standard InChI is InChI=1S/C16H23N3/c1-12-7-8-15(18-14(12)11-17)19-9-5-6-13(19)10-16(2,3)4/h7-8,13H,5-6,9-10H2,1-4H3. The van der Waals surface area contributed by atoms with Crippen molar-refractivity contribution in [1.29, 1.82) is 5.26 Å². The third-order valence-electron chi connectivity index (χ3n) is 3.71.